The monoisotopic (exact) mass is 403 g/mol. The number of hydrogen-bond donors (Lipinski definition) is 0. The Labute approximate surface area is 167 Å². The molecule has 5 aromatic rings. The van der Waals surface area contributed by atoms with Crippen molar-refractivity contribution in [3.63, 3.8) is 0 Å². The largest absolute Gasteiger partial charge is 0.297 e. The summed E-state index contributed by atoms with van der Waals surface area (Å²) < 4.78 is 3.66. The van der Waals surface area contributed by atoms with Crippen LogP contribution < -0.4 is 0 Å². The second kappa shape index (κ2) is 6.60. The van der Waals surface area contributed by atoms with Crippen LogP contribution in [0.3, 0.4) is 0 Å². The molecule has 0 saturated carbocycles. The summed E-state index contributed by atoms with van der Waals surface area (Å²) in [4.78, 5) is 15.7. The van der Waals surface area contributed by atoms with Crippen molar-refractivity contribution in [2.45, 2.75) is 6.92 Å². The summed E-state index contributed by atoms with van der Waals surface area (Å²) in [6, 6.07) is 12.2. The molecule has 0 aliphatic carbocycles. The first-order valence-electron chi connectivity index (χ1n) is 8.69. The van der Waals surface area contributed by atoms with Gasteiger partial charge in [0, 0.05) is 18.3 Å². The molecule has 0 radical (unpaired) electrons. The van der Waals surface area contributed by atoms with Crippen molar-refractivity contribution in [3.8, 4) is 11.5 Å². The minimum absolute atomic E-state index is 0.0515. The number of rotatable bonds is 4. The molecular formula is C19H13N7O2S. The minimum atomic E-state index is -0.412. The van der Waals surface area contributed by atoms with Crippen LogP contribution >= 0.6 is 11.3 Å². The van der Waals surface area contributed by atoms with Crippen molar-refractivity contribution in [1.29, 1.82) is 0 Å². The van der Waals surface area contributed by atoms with Gasteiger partial charge in [0.15, 0.2) is 0 Å². The Balaban J connectivity index is 1.54. The lowest BCUT2D eigenvalue weighted by molar-refractivity contribution is -0.384. The molecule has 10 heteroatoms. The van der Waals surface area contributed by atoms with Gasteiger partial charge < -0.3 is 0 Å². The second-order valence-electron chi connectivity index (χ2n) is 6.32. The number of fused-ring (bicyclic) bond motifs is 2. The third-order valence-electron chi connectivity index (χ3n) is 4.42. The van der Waals surface area contributed by atoms with E-state index in [0.29, 0.717) is 15.8 Å². The van der Waals surface area contributed by atoms with Crippen molar-refractivity contribution >= 4 is 39.8 Å². The summed E-state index contributed by atoms with van der Waals surface area (Å²) >= 11 is 1.38. The van der Waals surface area contributed by atoms with Crippen LogP contribution in [0.15, 0.2) is 48.7 Å². The maximum absolute atomic E-state index is 10.9. The number of nitro groups is 1. The van der Waals surface area contributed by atoms with E-state index in [1.165, 1.54) is 23.5 Å². The molecule has 9 nitrogen and oxygen atoms in total. The first-order chi connectivity index (χ1) is 14.1. The summed E-state index contributed by atoms with van der Waals surface area (Å²) in [5, 5.41) is 24.8. The van der Waals surface area contributed by atoms with E-state index in [1.54, 1.807) is 22.7 Å². The summed E-state index contributed by atoms with van der Waals surface area (Å²) in [5.74, 6) is 0.613. The lowest BCUT2D eigenvalue weighted by Gasteiger charge is -1.99. The molecule has 0 spiro atoms. The molecule has 0 unspecified atom stereocenters. The Bertz CT molecular complexity index is 1410. The smallest absolute Gasteiger partial charge is 0.270 e. The highest BCUT2D eigenvalue weighted by atomic mass is 32.1. The highest BCUT2D eigenvalue weighted by molar-refractivity contribution is 7.17. The quantitative estimate of drug-likeness (QED) is 0.333. The number of benzene rings is 1. The van der Waals surface area contributed by atoms with Crippen LogP contribution in [0.25, 0.3) is 34.3 Å². The molecule has 0 aliphatic rings. The minimum Gasteiger partial charge on any atom is -0.297 e. The van der Waals surface area contributed by atoms with Crippen LogP contribution in [-0.2, 0) is 0 Å². The lowest BCUT2D eigenvalue weighted by Crippen LogP contribution is -1.96. The van der Waals surface area contributed by atoms with Gasteiger partial charge >= 0.3 is 0 Å². The Morgan fingerprint density at radius 3 is 2.90 bits per heavy atom. The molecule has 1 aromatic carbocycles. The topological polar surface area (TPSA) is 104 Å². The molecule has 0 bridgehead atoms. The molecule has 0 saturated heterocycles. The molecule has 0 fully saturated rings. The maximum atomic E-state index is 10.9. The van der Waals surface area contributed by atoms with E-state index in [2.05, 4.69) is 20.3 Å². The van der Waals surface area contributed by atoms with Crippen molar-refractivity contribution in [3.05, 3.63) is 75.0 Å². The SMILES string of the molecule is Cc1nc2ccccn2c1-c1nnc2sc(/C=C/c3cccc([N+](=O)[O-])c3)nn12. The van der Waals surface area contributed by atoms with E-state index in [4.69, 9.17) is 0 Å². The Kier molecular flexibility index (Phi) is 3.91. The van der Waals surface area contributed by atoms with Crippen molar-refractivity contribution in [2.24, 2.45) is 0 Å². The molecule has 4 aromatic heterocycles. The van der Waals surface area contributed by atoms with Gasteiger partial charge in [0.1, 0.15) is 16.3 Å². The maximum Gasteiger partial charge on any atom is 0.270 e. The highest BCUT2D eigenvalue weighted by Crippen LogP contribution is 2.26. The molecule has 29 heavy (non-hydrogen) atoms. The Morgan fingerprint density at radius 1 is 1.14 bits per heavy atom. The molecule has 5 rings (SSSR count). The number of aromatic nitrogens is 6. The average molecular weight is 403 g/mol. The van der Waals surface area contributed by atoms with Gasteiger partial charge in [-0.25, -0.2) is 4.98 Å². The Hall–Kier alpha value is -3.92. The zero-order valence-corrected chi connectivity index (χ0v) is 15.9. The third kappa shape index (κ3) is 2.95. The fraction of sp³-hybridized carbons (Fsp3) is 0.0526. The van der Waals surface area contributed by atoms with E-state index in [-0.39, 0.29) is 5.69 Å². The number of non-ortho nitro benzene ring substituents is 1. The summed E-state index contributed by atoms with van der Waals surface area (Å²) in [5.41, 5.74) is 3.29. The number of nitrogens with zero attached hydrogens (tertiary/aromatic N) is 7. The zero-order valence-electron chi connectivity index (χ0n) is 15.1. The molecule has 0 amide bonds. The third-order valence-corrected chi connectivity index (χ3v) is 5.29. The van der Waals surface area contributed by atoms with Crippen LogP contribution in [0.2, 0.25) is 0 Å². The number of hydrogen-bond acceptors (Lipinski definition) is 7. The second-order valence-corrected chi connectivity index (χ2v) is 7.31. The predicted molar refractivity (Wildman–Crippen MR) is 110 cm³/mol. The van der Waals surface area contributed by atoms with Gasteiger partial charge in [-0.15, -0.1) is 10.2 Å². The van der Waals surface area contributed by atoms with E-state index in [1.807, 2.05) is 41.8 Å². The van der Waals surface area contributed by atoms with Crippen molar-refractivity contribution in [1.82, 2.24) is 29.2 Å². The van der Waals surface area contributed by atoms with Crippen LogP contribution in [0.5, 0.6) is 0 Å². The van der Waals surface area contributed by atoms with Gasteiger partial charge in [-0.2, -0.15) is 9.61 Å². The van der Waals surface area contributed by atoms with Gasteiger partial charge in [0.2, 0.25) is 10.8 Å². The van der Waals surface area contributed by atoms with Gasteiger partial charge in [-0.05, 0) is 30.7 Å². The summed E-state index contributed by atoms with van der Waals surface area (Å²) in [6.07, 6.45) is 5.53. The van der Waals surface area contributed by atoms with Crippen molar-refractivity contribution in [2.75, 3.05) is 0 Å². The Morgan fingerprint density at radius 2 is 2.03 bits per heavy atom. The fourth-order valence-corrected chi connectivity index (χ4v) is 3.88. The highest BCUT2D eigenvalue weighted by Gasteiger charge is 2.19. The van der Waals surface area contributed by atoms with Crippen LogP contribution in [0.4, 0.5) is 5.69 Å². The standard InChI is InChI=1S/C19H13N7O2S/c1-12-17(24-10-3-2-7-15(24)20-12)18-21-22-19-25(18)23-16(29-19)9-8-13-5-4-6-14(11-13)26(27)28/h2-11H,1H3/b9-8+. The molecular weight excluding hydrogens is 390 g/mol. The number of nitro benzene ring substituents is 1. The normalized spacial score (nSPS) is 11.8. The van der Waals surface area contributed by atoms with Gasteiger partial charge in [-0.1, -0.05) is 35.6 Å². The number of aryl methyl sites for hydroxylation is 1. The average Bonchev–Trinajstić information content (AvgIpc) is 3.38. The molecule has 4 heterocycles. The van der Waals surface area contributed by atoms with Crippen molar-refractivity contribution < 1.29 is 4.92 Å². The number of pyridine rings is 1. The summed E-state index contributed by atoms with van der Waals surface area (Å²) in [7, 11) is 0. The van der Waals surface area contributed by atoms with Crippen LogP contribution in [-0.4, -0.2) is 34.1 Å². The summed E-state index contributed by atoms with van der Waals surface area (Å²) in [6.45, 7) is 1.93. The van der Waals surface area contributed by atoms with Crippen LogP contribution in [0.1, 0.15) is 16.3 Å². The van der Waals surface area contributed by atoms with Gasteiger partial charge in [0.05, 0.1) is 10.6 Å². The first kappa shape index (κ1) is 17.2. The van der Waals surface area contributed by atoms with E-state index < -0.39 is 4.92 Å². The number of imidazole rings is 1. The first-order valence-corrected chi connectivity index (χ1v) is 9.50. The van der Waals surface area contributed by atoms with E-state index in [0.717, 1.165) is 22.6 Å². The predicted octanol–water partition coefficient (Wildman–Crippen LogP) is 3.89. The van der Waals surface area contributed by atoms with Crippen LogP contribution in [0, 0.1) is 17.0 Å². The molecule has 0 N–H and O–H groups in total. The fourth-order valence-electron chi connectivity index (χ4n) is 3.14. The van der Waals surface area contributed by atoms with E-state index >= 15 is 0 Å². The molecule has 0 atom stereocenters. The molecule has 142 valence electrons. The lowest BCUT2D eigenvalue weighted by atomic mass is 10.2. The molecule has 0 aliphatic heterocycles. The van der Waals surface area contributed by atoms with E-state index in [9.17, 15) is 10.1 Å². The van der Waals surface area contributed by atoms with Gasteiger partial charge in [0.25, 0.3) is 5.69 Å². The zero-order chi connectivity index (χ0) is 20.0. The van der Waals surface area contributed by atoms with Gasteiger partial charge in [-0.3, -0.25) is 14.5 Å².